The minimum Gasteiger partial charge on any atom is -0.304 e. The largest absolute Gasteiger partial charge is 0.304 e. The highest BCUT2D eigenvalue weighted by molar-refractivity contribution is 5.92. The smallest absolute Gasteiger partial charge is 0.155 e. The van der Waals surface area contributed by atoms with Crippen molar-refractivity contribution in [2.75, 3.05) is 33.2 Å². The van der Waals surface area contributed by atoms with E-state index in [0.29, 0.717) is 5.78 Å². The van der Waals surface area contributed by atoms with Crippen LogP contribution in [0.1, 0.15) is 26.7 Å². The zero-order valence-electron chi connectivity index (χ0n) is 10.1. The summed E-state index contributed by atoms with van der Waals surface area (Å²) in [6.45, 7) is 8.39. The number of carbonyl (C=O) groups is 1. The predicted molar refractivity (Wildman–Crippen MR) is 60.9 cm³/mol. The van der Waals surface area contributed by atoms with E-state index < -0.39 is 0 Å². The first kappa shape index (κ1) is 11.1. The molecular weight excluding hydrogens is 188 g/mol. The third-order valence-corrected chi connectivity index (χ3v) is 3.82. The topological polar surface area (TPSA) is 23.6 Å². The normalized spacial score (nSPS) is 26.9. The molecule has 0 amide bonds. The number of carbonyl (C=O) groups excluding carboxylic acids is 1. The maximum atomic E-state index is 12.2. The lowest BCUT2D eigenvalue weighted by molar-refractivity contribution is -0.129. The van der Waals surface area contributed by atoms with Gasteiger partial charge in [-0.15, -0.1) is 0 Å². The third kappa shape index (κ3) is 1.95. The van der Waals surface area contributed by atoms with Crippen molar-refractivity contribution in [3.63, 3.8) is 0 Å². The summed E-state index contributed by atoms with van der Waals surface area (Å²) in [5.74, 6) is 0.652. The molecule has 2 rings (SSSR count). The Morgan fingerprint density at radius 2 is 1.67 bits per heavy atom. The van der Waals surface area contributed by atoms with Crippen LogP contribution in [0.3, 0.4) is 0 Å². The summed E-state index contributed by atoms with van der Waals surface area (Å²) >= 11 is 0. The molecule has 0 unspecified atom stereocenters. The fourth-order valence-corrected chi connectivity index (χ4v) is 2.61. The molecule has 15 heavy (non-hydrogen) atoms. The van der Waals surface area contributed by atoms with Crippen LogP contribution in [0.25, 0.3) is 0 Å². The van der Waals surface area contributed by atoms with E-state index in [1.54, 1.807) is 0 Å². The van der Waals surface area contributed by atoms with Crippen molar-refractivity contribution >= 4 is 5.78 Å². The van der Waals surface area contributed by atoms with Gasteiger partial charge in [-0.2, -0.15) is 0 Å². The fraction of sp³-hybridized carbons (Fsp3) is 0.917. The summed E-state index contributed by atoms with van der Waals surface area (Å²) in [4.78, 5) is 16.9. The Balaban J connectivity index is 2.01. The molecule has 0 spiro atoms. The number of hydrogen-bond donors (Lipinski definition) is 0. The van der Waals surface area contributed by atoms with Crippen LogP contribution >= 0.6 is 0 Å². The Kier molecular flexibility index (Phi) is 2.86. The van der Waals surface area contributed by atoms with Crippen LogP contribution in [-0.4, -0.2) is 54.3 Å². The molecule has 0 aromatic carbocycles. The second-order valence-corrected chi connectivity index (χ2v) is 5.34. The summed E-state index contributed by atoms with van der Waals surface area (Å²) in [6.07, 6.45) is 2.18. The maximum absolute atomic E-state index is 12.2. The number of hydrogen-bond acceptors (Lipinski definition) is 3. The molecule has 0 bridgehead atoms. The number of piperazine rings is 1. The number of rotatable bonds is 3. The van der Waals surface area contributed by atoms with E-state index in [1.807, 2.05) is 13.8 Å². The molecule has 0 aromatic heterocycles. The second kappa shape index (κ2) is 3.87. The Hall–Kier alpha value is -0.410. The van der Waals surface area contributed by atoms with Crippen molar-refractivity contribution in [2.45, 2.75) is 32.2 Å². The van der Waals surface area contributed by atoms with Crippen molar-refractivity contribution in [2.24, 2.45) is 5.92 Å². The maximum Gasteiger partial charge on any atom is 0.155 e. The van der Waals surface area contributed by atoms with Gasteiger partial charge in [0, 0.05) is 32.1 Å². The van der Waals surface area contributed by atoms with Crippen molar-refractivity contribution < 1.29 is 4.79 Å². The van der Waals surface area contributed by atoms with Crippen LogP contribution in [0.2, 0.25) is 0 Å². The van der Waals surface area contributed by atoms with E-state index in [0.717, 1.165) is 39.0 Å². The molecule has 0 radical (unpaired) electrons. The summed E-state index contributed by atoms with van der Waals surface area (Å²) in [5, 5.41) is 0. The van der Waals surface area contributed by atoms with E-state index in [-0.39, 0.29) is 11.5 Å². The van der Waals surface area contributed by atoms with Gasteiger partial charge in [-0.3, -0.25) is 9.69 Å². The minimum atomic E-state index is -0.0462. The third-order valence-electron chi connectivity index (χ3n) is 3.82. The van der Waals surface area contributed by atoms with Gasteiger partial charge >= 0.3 is 0 Å². The molecule has 2 fully saturated rings. The predicted octanol–water partition coefficient (Wildman–Crippen LogP) is 0.991. The number of ketones is 1. The van der Waals surface area contributed by atoms with Crippen LogP contribution in [0.15, 0.2) is 0 Å². The lowest BCUT2D eigenvalue weighted by Gasteiger charge is -2.38. The Bertz CT molecular complexity index is 250. The molecule has 1 saturated carbocycles. The first-order chi connectivity index (χ1) is 7.06. The summed E-state index contributed by atoms with van der Waals surface area (Å²) in [7, 11) is 2.15. The zero-order chi connectivity index (χ0) is 11.1. The van der Waals surface area contributed by atoms with Gasteiger partial charge in [0.25, 0.3) is 0 Å². The van der Waals surface area contributed by atoms with E-state index >= 15 is 0 Å². The van der Waals surface area contributed by atoms with Crippen LogP contribution in [0.4, 0.5) is 0 Å². The Morgan fingerprint density at radius 3 is 2.07 bits per heavy atom. The van der Waals surface area contributed by atoms with Gasteiger partial charge in [0.15, 0.2) is 5.78 Å². The first-order valence-electron chi connectivity index (χ1n) is 6.04. The van der Waals surface area contributed by atoms with E-state index in [1.165, 1.54) is 0 Å². The Morgan fingerprint density at radius 1 is 1.13 bits per heavy atom. The highest BCUT2D eigenvalue weighted by atomic mass is 16.1. The molecule has 0 N–H and O–H groups in total. The van der Waals surface area contributed by atoms with Gasteiger partial charge in [0.1, 0.15) is 0 Å². The summed E-state index contributed by atoms with van der Waals surface area (Å²) < 4.78 is 0. The van der Waals surface area contributed by atoms with Gasteiger partial charge < -0.3 is 4.90 Å². The molecule has 3 heteroatoms. The van der Waals surface area contributed by atoms with Crippen LogP contribution < -0.4 is 0 Å². The van der Waals surface area contributed by atoms with Crippen molar-refractivity contribution in [1.82, 2.24) is 9.80 Å². The molecule has 3 nitrogen and oxygen atoms in total. The van der Waals surface area contributed by atoms with Gasteiger partial charge in [0.2, 0.25) is 0 Å². The average molecular weight is 210 g/mol. The SMILES string of the molecule is CC(C)C(=O)C1(N2CCN(C)CC2)CC1. The van der Waals surface area contributed by atoms with E-state index in [2.05, 4.69) is 16.8 Å². The molecule has 1 aliphatic heterocycles. The lowest BCUT2D eigenvalue weighted by atomic mass is 9.97. The van der Waals surface area contributed by atoms with Crippen LogP contribution in [0, 0.1) is 5.92 Å². The molecule has 0 atom stereocenters. The van der Waals surface area contributed by atoms with Crippen molar-refractivity contribution in [3.8, 4) is 0 Å². The summed E-state index contributed by atoms with van der Waals surface area (Å²) in [5.41, 5.74) is -0.0462. The zero-order valence-corrected chi connectivity index (χ0v) is 10.1. The number of Topliss-reactive ketones (excluding diaryl/α,β-unsaturated/α-hetero) is 1. The lowest BCUT2D eigenvalue weighted by Crippen LogP contribution is -2.54. The van der Waals surface area contributed by atoms with Crippen LogP contribution in [-0.2, 0) is 4.79 Å². The first-order valence-corrected chi connectivity index (χ1v) is 6.04. The van der Waals surface area contributed by atoms with E-state index in [4.69, 9.17) is 0 Å². The Labute approximate surface area is 92.4 Å². The van der Waals surface area contributed by atoms with Gasteiger partial charge in [-0.25, -0.2) is 0 Å². The van der Waals surface area contributed by atoms with Crippen molar-refractivity contribution in [3.05, 3.63) is 0 Å². The molecule has 1 aliphatic carbocycles. The fourth-order valence-electron chi connectivity index (χ4n) is 2.61. The molecule has 1 heterocycles. The van der Waals surface area contributed by atoms with Gasteiger partial charge in [0.05, 0.1) is 5.54 Å². The minimum absolute atomic E-state index is 0.0462. The molecule has 1 saturated heterocycles. The second-order valence-electron chi connectivity index (χ2n) is 5.34. The highest BCUT2D eigenvalue weighted by Crippen LogP contribution is 2.44. The molecule has 2 aliphatic rings. The average Bonchev–Trinajstić information content (AvgIpc) is 2.99. The van der Waals surface area contributed by atoms with Crippen LogP contribution in [0.5, 0.6) is 0 Å². The highest BCUT2D eigenvalue weighted by Gasteiger charge is 2.54. The summed E-state index contributed by atoms with van der Waals surface area (Å²) in [6, 6.07) is 0. The standard InChI is InChI=1S/C12H22N2O/c1-10(2)11(15)12(4-5-12)14-8-6-13(3)7-9-14/h10H,4-9H2,1-3H3. The van der Waals surface area contributed by atoms with Crippen molar-refractivity contribution in [1.29, 1.82) is 0 Å². The monoisotopic (exact) mass is 210 g/mol. The van der Waals surface area contributed by atoms with Gasteiger partial charge in [-0.05, 0) is 19.9 Å². The molecule has 86 valence electrons. The van der Waals surface area contributed by atoms with E-state index in [9.17, 15) is 4.79 Å². The quantitative estimate of drug-likeness (QED) is 0.694. The van der Waals surface area contributed by atoms with Gasteiger partial charge in [-0.1, -0.05) is 13.8 Å². The molecular formula is C12H22N2O. The number of nitrogens with zero attached hydrogens (tertiary/aromatic N) is 2. The number of likely N-dealkylation sites (N-methyl/N-ethyl adjacent to an activating group) is 1. The molecule has 0 aromatic rings.